The fraction of sp³-hybridized carbons (Fsp3) is 0.286. The molecule has 30 heavy (non-hydrogen) atoms. The Bertz CT molecular complexity index is 1210. The van der Waals surface area contributed by atoms with Gasteiger partial charge in [0.25, 0.3) is 5.56 Å². The van der Waals surface area contributed by atoms with E-state index in [4.69, 9.17) is 0 Å². The van der Waals surface area contributed by atoms with E-state index in [1.165, 1.54) is 12.1 Å². The number of rotatable bonds is 5. The Kier molecular flexibility index (Phi) is 5.82. The smallest absolute Gasteiger partial charge is 0.325 e. The molecule has 1 aromatic heterocycles. The van der Waals surface area contributed by atoms with Crippen molar-refractivity contribution in [1.29, 1.82) is 0 Å². The highest BCUT2D eigenvalue weighted by molar-refractivity contribution is 5.91. The van der Waals surface area contributed by atoms with Crippen LogP contribution in [0.2, 0.25) is 0 Å². The Morgan fingerprint density at radius 3 is 2.40 bits per heavy atom. The van der Waals surface area contributed by atoms with Crippen LogP contribution in [0, 0.1) is 5.92 Å². The maximum Gasteiger partial charge on any atom is 0.416 e. The first-order chi connectivity index (χ1) is 14.1. The summed E-state index contributed by atoms with van der Waals surface area (Å²) in [7, 11) is 0. The standard InChI is InChI=1S/C21H20F3N3O3/c1-13(2)11-27-19(29)16-8-3-4-9-17(16)26(20(27)30)12-18(28)25-15-7-5-6-14(10-15)21(22,23)24/h3-10,13H,11-12H2,1-2H3,(H,25,28). The van der Waals surface area contributed by atoms with Gasteiger partial charge in [-0.15, -0.1) is 0 Å². The van der Waals surface area contributed by atoms with Crippen molar-refractivity contribution >= 4 is 22.5 Å². The van der Waals surface area contributed by atoms with Gasteiger partial charge < -0.3 is 5.32 Å². The number of anilines is 1. The number of amides is 1. The van der Waals surface area contributed by atoms with Crippen molar-refractivity contribution in [3.63, 3.8) is 0 Å². The Morgan fingerprint density at radius 2 is 1.73 bits per heavy atom. The van der Waals surface area contributed by atoms with E-state index in [0.29, 0.717) is 0 Å². The molecule has 0 atom stereocenters. The molecule has 6 nitrogen and oxygen atoms in total. The summed E-state index contributed by atoms with van der Waals surface area (Å²) >= 11 is 0. The number of alkyl halides is 3. The molecular formula is C21H20F3N3O3. The van der Waals surface area contributed by atoms with Crippen LogP contribution in [-0.2, 0) is 24.1 Å². The van der Waals surface area contributed by atoms with Crippen molar-refractivity contribution in [3.05, 3.63) is 74.9 Å². The quantitative estimate of drug-likeness (QED) is 0.688. The van der Waals surface area contributed by atoms with Crippen molar-refractivity contribution in [1.82, 2.24) is 9.13 Å². The summed E-state index contributed by atoms with van der Waals surface area (Å²) in [6, 6.07) is 10.6. The van der Waals surface area contributed by atoms with Crippen LogP contribution in [0.5, 0.6) is 0 Å². The summed E-state index contributed by atoms with van der Waals surface area (Å²) in [5.41, 5.74) is -1.74. The number of aromatic nitrogens is 2. The zero-order valence-electron chi connectivity index (χ0n) is 16.4. The van der Waals surface area contributed by atoms with Gasteiger partial charge in [0, 0.05) is 12.2 Å². The van der Waals surface area contributed by atoms with E-state index in [2.05, 4.69) is 5.32 Å². The van der Waals surface area contributed by atoms with Crippen molar-refractivity contribution in [2.45, 2.75) is 33.1 Å². The average Bonchev–Trinajstić information content (AvgIpc) is 2.68. The lowest BCUT2D eigenvalue weighted by molar-refractivity contribution is -0.137. The van der Waals surface area contributed by atoms with E-state index >= 15 is 0 Å². The molecule has 1 N–H and O–H groups in total. The second-order valence-electron chi connectivity index (χ2n) is 7.32. The largest absolute Gasteiger partial charge is 0.416 e. The molecular weight excluding hydrogens is 399 g/mol. The molecule has 0 unspecified atom stereocenters. The monoisotopic (exact) mass is 419 g/mol. The molecule has 158 valence electrons. The predicted octanol–water partition coefficient (Wildman–Crippen LogP) is 3.48. The predicted molar refractivity (Wildman–Crippen MR) is 107 cm³/mol. The summed E-state index contributed by atoms with van der Waals surface area (Å²) in [6.45, 7) is 3.43. The Hall–Kier alpha value is -3.36. The van der Waals surface area contributed by atoms with Crippen LogP contribution in [0.4, 0.5) is 18.9 Å². The van der Waals surface area contributed by atoms with Crippen LogP contribution in [0.1, 0.15) is 19.4 Å². The second-order valence-corrected chi connectivity index (χ2v) is 7.32. The van der Waals surface area contributed by atoms with Gasteiger partial charge in [-0.2, -0.15) is 13.2 Å². The number of carbonyl (C=O) groups is 1. The molecule has 0 aliphatic carbocycles. The van der Waals surface area contributed by atoms with Gasteiger partial charge in [-0.1, -0.05) is 32.0 Å². The van der Waals surface area contributed by atoms with Gasteiger partial charge in [-0.05, 0) is 36.2 Å². The number of hydrogen-bond donors (Lipinski definition) is 1. The van der Waals surface area contributed by atoms with Gasteiger partial charge in [-0.25, -0.2) is 4.79 Å². The normalized spacial score (nSPS) is 11.8. The molecule has 2 aromatic carbocycles. The van der Waals surface area contributed by atoms with Gasteiger partial charge in [0.1, 0.15) is 6.54 Å². The maximum absolute atomic E-state index is 12.9. The molecule has 0 fully saturated rings. The zero-order chi connectivity index (χ0) is 22.1. The van der Waals surface area contributed by atoms with E-state index in [1.54, 1.807) is 24.3 Å². The number of halogens is 3. The number of fused-ring (bicyclic) bond motifs is 1. The van der Waals surface area contributed by atoms with Crippen LogP contribution in [-0.4, -0.2) is 15.0 Å². The molecule has 0 saturated carbocycles. The summed E-state index contributed by atoms with van der Waals surface area (Å²) in [5, 5.41) is 2.67. The topological polar surface area (TPSA) is 73.1 Å². The van der Waals surface area contributed by atoms with E-state index in [1.807, 2.05) is 13.8 Å². The average molecular weight is 419 g/mol. The lowest BCUT2D eigenvalue weighted by Crippen LogP contribution is -2.42. The number of benzene rings is 2. The molecule has 3 aromatic rings. The Morgan fingerprint density at radius 1 is 1.03 bits per heavy atom. The van der Waals surface area contributed by atoms with E-state index in [-0.39, 0.29) is 29.1 Å². The van der Waals surface area contributed by atoms with Gasteiger partial charge in [0.15, 0.2) is 0 Å². The minimum atomic E-state index is -4.54. The fourth-order valence-corrected chi connectivity index (χ4v) is 3.17. The SMILES string of the molecule is CC(C)Cn1c(=O)c2ccccc2n(CC(=O)Nc2cccc(C(F)(F)F)c2)c1=O. The highest BCUT2D eigenvalue weighted by atomic mass is 19.4. The first-order valence-corrected chi connectivity index (χ1v) is 9.27. The van der Waals surface area contributed by atoms with Crippen molar-refractivity contribution in [2.24, 2.45) is 5.92 Å². The molecule has 0 saturated heterocycles. The minimum absolute atomic E-state index is 0.0175. The lowest BCUT2D eigenvalue weighted by atomic mass is 10.2. The van der Waals surface area contributed by atoms with Crippen LogP contribution in [0.15, 0.2) is 58.1 Å². The van der Waals surface area contributed by atoms with Crippen LogP contribution in [0.25, 0.3) is 10.9 Å². The van der Waals surface area contributed by atoms with Gasteiger partial charge in [-0.3, -0.25) is 18.7 Å². The van der Waals surface area contributed by atoms with Crippen LogP contribution in [0.3, 0.4) is 0 Å². The van der Waals surface area contributed by atoms with Crippen LogP contribution < -0.4 is 16.6 Å². The number of carbonyl (C=O) groups excluding carboxylic acids is 1. The molecule has 0 aliphatic heterocycles. The molecule has 1 amide bonds. The lowest BCUT2D eigenvalue weighted by Gasteiger charge is -2.15. The van der Waals surface area contributed by atoms with Crippen molar-refractivity contribution < 1.29 is 18.0 Å². The third-order valence-corrected chi connectivity index (χ3v) is 4.46. The van der Waals surface area contributed by atoms with E-state index in [9.17, 15) is 27.6 Å². The highest BCUT2D eigenvalue weighted by Crippen LogP contribution is 2.30. The number of nitrogens with zero attached hydrogens (tertiary/aromatic N) is 2. The zero-order valence-corrected chi connectivity index (χ0v) is 16.4. The number of hydrogen-bond acceptors (Lipinski definition) is 3. The minimum Gasteiger partial charge on any atom is -0.325 e. The molecule has 9 heteroatoms. The van der Waals surface area contributed by atoms with Gasteiger partial charge in [0.05, 0.1) is 16.5 Å². The van der Waals surface area contributed by atoms with Crippen molar-refractivity contribution in [2.75, 3.05) is 5.32 Å². The molecule has 0 aliphatic rings. The summed E-state index contributed by atoms with van der Waals surface area (Å²) < 4.78 is 40.9. The maximum atomic E-state index is 12.9. The van der Waals surface area contributed by atoms with Gasteiger partial charge >= 0.3 is 11.9 Å². The number of para-hydroxylation sites is 1. The highest BCUT2D eigenvalue weighted by Gasteiger charge is 2.30. The van der Waals surface area contributed by atoms with E-state index < -0.39 is 35.4 Å². The summed E-state index contributed by atoms with van der Waals surface area (Å²) in [4.78, 5) is 38.1. The summed E-state index contributed by atoms with van der Waals surface area (Å²) in [5.74, 6) is -0.666. The fourth-order valence-electron chi connectivity index (χ4n) is 3.17. The van der Waals surface area contributed by atoms with E-state index in [0.717, 1.165) is 21.3 Å². The molecule has 0 spiro atoms. The van der Waals surface area contributed by atoms with Crippen LogP contribution >= 0.6 is 0 Å². The molecule has 1 heterocycles. The first-order valence-electron chi connectivity index (χ1n) is 9.27. The third-order valence-electron chi connectivity index (χ3n) is 4.46. The second kappa shape index (κ2) is 8.17. The molecule has 3 rings (SSSR count). The van der Waals surface area contributed by atoms with Gasteiger partial charge in [0.2, 0.25) is 5.91 Å². The molecule has 0 bridgehead atoms. The van der Waals surface area contributed by atoms with Crippen molar-refractivity contribution in [3.8, 4) is 0 Å². The molecule has 0 radical (unpaired) electrons. The third kappa shape index (κ3) is 4.45. The summed E-state index contributed by atoms with van der Waals surface area (Å²) in [6.07, 6.45) is -4.54. The number of nitrogens with one attached hydrogen (secondary N) is 1. The Labute approximate surface area is 169 Å². The Balaban J connectivity index is 1.98. The first kappa shape index (κ1) is 21.4.